The summed E-state index contributed by atoms with van der Waals surface area (Å²) in [5.74, 6) is -0.251. The van der Waals surface area contributed by atoms with E-state index in [1.807, 2.05) is 0 Å². The largest absolute Gasteiger partial charge is 0.481 e. The highest BCUT2D eigenvalue weighted by Crippen LogP contribution is 2.16. The van der Waals surface area contributed by atoms with E-state index in [1.165, 1.54) is 0 Å². The van der Waals surface area contributed by atoms with Crippen LogP contribution in [0.1, 0.15) is 46.0 Å². The smallest absolute Gasteiger partial charge is 0.316 e. The van der Waals surface area contributed by atoms with Gasteiger partial charge in [-0.3, -0.25) is 4.79 Å². The fraction of sp³-hybridized carbons (Fsp3) is 0.889. The number of hydrogen-bond donors (Lipinski definition) is 1. The first-order chi connectivity index (χ1) is 5.20. The van der Waals surface area contributed by atoms with E-state index in [4.69, 9.17) is 5.11 Å². The van der Waals surface area contributed by atoms with Crippen molar-refractivity contribution in [1.29, 1.82) is 0 Å². The maximum atomic E-state index is 10.4. The van der Waals surface area contributed by atoms with Gasteiger partial charge in [0.2, 0.25) is 0 Å². The molecule has 2 nitrogen and oxygen atoms in total. The van der Waals surface area contributed by atoms with Crippen molar-refractivity contribution in [1.82, 2.24) is 0 Å². The van der Waals surface area contributed by atoms with Crippen molar-refractivity contribution >= 4 is 29.0 Å². The molecular weight excluding hydrogens is 164 g/mol. The van der Waals surface area contributed by atoms with Crippen LogP contribution in [0.4, 0.5) is 0 Å². The van der Waals surface area contributed by atoms with Crippen LogP contribution in [-0.4, -0.2) is 34.1 Å². The molecule has 0 radical (unpaired) electrons. The molecule has 0 aromatic heterocycles. The van der Waals surface area contributed by atoms with Crippen molar-refractivity contribution in [2.24, 2.45) is 5.92 Å². The van der Waals surface area contributed by atoms with Crippen LogP contribution in [0.15, 0.2) is 0 Å². The third-order valence-electron chi connectivity index (χ3n) is 1.86. The van der Waals surface area contributed by atoms with Gasteiger partial charge in [0.25, 0.3) is 0 Å². The van der Waals surface area contributed by atoms with Gasteiger partial charge in [-0.15, -0.1) is 0 Å². The fourth-order valence-electron chi connectivity index (χ4n) is 1.41. The van der Waals surface area contributed by atoms with Crippen LogP contribution >= 0.6 is 0 Å². The van der Waals surface area contributed by atoms with Crippen molar-refractivity contribution < 1.29 is 9.90 Å². The molecule has 0 bridgehead atoms. The predicted octanol–water partition coefficient (Wildman–Crippen LogP) is 1.76. The average Bonchev–Trinajstić information content (AvgIpc) is 1.87. The number of carboxylic acid groups (broad SMARTS) is 1. The minimum absolute atomic E-state index is 0. The minimum atomic E-state index is -0.656. The number of hydrogen-bond acceptors (Lipinski definition) is 1. The van der Waals surface area contributed by atoms with Gasteiger partial charge >= 0.3 is 29.0 Å². The van der Waals surface area contributed by atoms with Gasteiger partial charge in [-0.05, 0) is 5.92 Å². The molecular formula is C9H20MgO2. The highest BCUT2D eigenvalue weighted by molar-refractivity contribution is 5.75. The molecule has 0 amide bonds. The van der Waals surface area contributed by atoms with E-state index >= 15 is 0 Å². The van der Waals surface area contributed by atoms with Crippen molar-refractivity contribution in [2.45, 2.75) is 46.0 Å². The number of rotatable bonds is 6. The number of carbonyl (C=O) groups is 1. The summed E-state index contributed by atoms with van der Waals surface area (Å²) in [5, 5.41) is 8.54. The Kier molecular flexibility index (Phi) is 11.5. The quantitative estimate of drug-likeness (QED) is 0.639. The van der Waals surface area contributed by atoms with Crippen molar-refractivity contribution in [3.8, 4) is 0 Å². The minimum Gasteiger partial charge on any atom is -0.481 e. The van der Waals surface area contributed by atoms with Gasteiger partial charge in [0, 0.05) is 6.42 Å². The zero-order valence-corrected chi connectivity index (χ0v) is 7.47. The lowest BCUT2D eigenvalue weighted by Crippen LogP contribution is -2.07. The molecule has 70 valence electrons. The third kappa shape index (κ3) is 8.33. The summed E-state index contributed by atoms with van der Waals surface area (Å²) in [6.07, 6.45) is 4.65. The monoisotopic (exact) mass is 184 g/mol. The molecule has 0 aromatic rings. The first kappa shape index (κ1) is 14.7. The van der Waals surface area contributed by atoms with Crippen molar-refractivity contribution in [3.63, 3.8) is 0 Å². The van der Waals surface area contributed by atoms with Gasteiger partial charge in [0.1, 0.15) is 0 Å². The molecule has 0 heterocycles. The molecule has 0 rings (SSSR count). The lowest BCUT2D eigenvalue weighted by molar-refractivity contribution is -0.138. The molecule has 0 fully saturated rings. The first-order valence-electron chi connectivity index (χ1n) is 4.42. The van der Waals surface area contributed by atoms with Gasteiger partial charge in [-0.1, -0.05) is 39.5 Å². The Morgan fingerprint density at radius 3 is 1.92 bits per heavy atom. The highest BCUT2D eigenvalue weighted by Gasteiger charge is 2.10. The Balaban J connectivity index is 0. The van der Waals surface area contributed by atoms with Crippen LogP contribution in [0, 0.1) is 5.92 Å². The summed E-state index contributed by atoms with van der Waals surface area (Å²) >= 11 is 0. The van der Waals surface area contributed by atoms with Crippen LogP contribution in [0.2, 0.25) is 0 Å². The second-order valence-corrected chi connectivity index (χ2v) is 3.04. The van der Waals surface area contributed by atoms with Gasteiger partial charge in [-0.2, -0.15) is 0 Å². The molecule has 3 heteroatoms. The van der Waals surface area contributed by atoms with Gasteiger partial charge in [-0.25, -0.2) is 0 Å². The van der Waals surface area contributed by atoms with Crippen LogP contribution in [0.3, 0.4) is 0 Å². The van der Waals surface area contributed by atoms with Gasteiger partial charge in [0.05, 0.1) is 0 Å². The van der Waals surface area contributed by atoms with E-state index in [0.717, 1.165) is 25.7 Å². The lowest BCUT2D eigenvalue weighted by Gasteiger charge is -2.11. The maximum Gasteiger partial charge on any atom is 0.316 e. The van der Waals surface area contributed by atoms with Crippen molar-refractivity contribution in [2.75, 3.05) is 0 Å². The topological polar surface area (TPSA) is 37.3 Å². The highest BCUT2D eigenvalue weighted by atomic mass is 24.3. The van der Waals surface area contributed by atoms with E-state index in [1.54, 1.807) is 0 Å². The summed E-state index contributed by atoms with van der Waals surface area (Å²) in [4.78, 5) is 10.4. The second-order valence-electron chi connectivity index (χ2n) is 3.04. The second kappa shape index (κ2) is 9.33. The Hall–Kier alpha value is 0.236. The summed E-state index contributed by atoms with van der Waals surface area (Å²) in [6, 6.07) is 0. The van der Waals surface area contributed by atoms with Crippen LogP contribution in [0.25, 0.3) is 0 Å². The zero-order chi connectivity index (χ0) is 8.69. The van der Waals surface area contributed by atoms with E-state index in [0.29, 0.717) is 12.3 Å². The molecule has 12 heavy (non-hydrogen) atoms. The lowest BCUT2D eigenvalue weighted by atomic mass is 9.95. The van der Waals surface area contributed by atoms with Crippen LogP contribution in [-0.2, 0) is 4.79 Å². The van der Waals surface area contributed by atoms with Gasteiger partial charge < -0.3 is 5.11 Å². The standard InChI is InChI=1S/C9H18O2.Mg.2H/c1-3-5-8(6-4-2)7-9(10)11;;;/h8H,3-7H2,1-2H3,(H,10,11);;;. The molecule has 0 unspecified atom stereocenters. The maximum absolute atomic E-state index is 10.4. The molecule has 0 atom stereocenters. The normalized spacial score (nSPS) is 9.58. The Morgan fingerprint density at radius 1 is 1.25 bits per heavy atom. The molecule has 0 saturated carbocycles. The molecule has 0 spiro atoms. The fourth-order valence-corrected chi connectivity index (χ4v) is 1.41. The average molecular weight is 185 g/mol. The summed E-state index contributed by atoms with van der Waals surface area (Å²) < 4.78 is 0. The van der Waals surface area contributed by atoms with E-state index in [-0.39, 0.29) is 23.1 Å². The molecule has 0 aliphatic rings. The predicted molar refractivity (Wildman–Crippen MR) is 54.1 cm³/mol. The van der Waals surface area contributed by atoms with Crippen molar-refractivity contribution in [3.05, 3.63) is 0 Å². The Bertz CT molecular complexity index is 109. The SMILES string of the molecule is CCCC(CCC)CC(=O)O.[MgH2]. The molecule has 0 saturated heterocycles. The number of carboxylic acids is 1. The molecule has 0 aliphatic carbocycles. The van der Waals surface area contributed by atoms with E-state index in [2.05, 4.69) is 13.8 Å². The molecule has 1 N–H and O–H groups in total. The van der Waals surface area contributed by atoms with Crippen LogP contribution < -0.4 is 0 Å². The van der Waals surface area contributed by atoms with Gasteiger partial charge in [0.15, 0.2) is 0 Å². The van der Waals surface area contributed by atoms with E-state index in [9.17, 15) is 4.79 Å². The summed E-state index contributed by atoms with van der Waals surface area (Å²) in [6.45, 7) is 4.20. The van der Waals surface area contributed by atoms with E-state index < -0.39 is 5.97 Å². The summed E-state index contributed by atoms with van der Waals surface area (Å²) in [7, 11) is 0. The third-order valence-corrected chi connectivity index (χ3v) is 1.86. The molecule has 0 aliphatic heterocycles. The Morgan fingerprint density at radius 2 is 1.67 bits per heavy atom. The summed E-state index contributed by atoms with van der Waals surface area (Å²) in [5.41, 5.74) is 0. The van der Waals surface area contributed by atoms with Crippen LogP contribution in [0.5, 0.6) is 0 Å². The zero-order valence-electron chi connectivity index (χ0n) is 7.47. The molecule has 0 aromatic carbocycles. The first-order valence-corrected chi connectivity index (χ1v) is 4.42. The Labute approximate surface area is 90.9 Å². The number of aliphatic carboxylic acids is 1.